The molecule has 1 aliphatic carbocycles. The monoisotopic (exact) mass is 333 g/mol. The van der Waals surface area contributed by atoms with Crippen LogP contribution in [0.1, 0.15) is 39.5 Å². The molecule has 2 unspecified atom stereocenters. The summed E-state index contributed by atoms with van der Waals surface area (Å²) in [5.74, 6) is 0.806. The molecule has 2 atom stereocenters. The van der Waals surface area contributed by atoms with E-state index in [1.54, 1.807) is 0 Å². The van der Waals surface area contributed by atoms with Gasteiger partial charge in [-0.1, -0.05) is 32.4 Å². The Balaban J connectivity index is 1.91. The molecule has 0 bridgehead atoms. The minimum absolute atomic E-state index is 0.0116. The summed E-state index contributed by atoms with van der Waals surface area (Å²) in [6.45, 7) is 7.81. The number of para-hydroxylation sites is 2. The van der Waals surface area contributed by atoms with Gasteiger partial charge in [-0.25, -0.2) is 0 Å². The van der Waals surface area contributed by atoms with E-state index < -0.39 is 0 Å². The predicted octanol–water partition coefficient (Wildman–Crippen LogP) is 2.86. The molecule has 0 radical (unpaired) electrons. The van der Waals surface area contributed by atoms with Crippen LogP contribution in [0.15, 0.2) is 24.3 Å². The average molecular weight is 333 g/mol. The normalized spacial score (nSPS) is 20.8. The first-order chi connectivity index (χ1) is 11.6. The number of nitrogens with two attached hydrogens (primary N) is 1. The highest BCUT2D eigenvalue weighted by molar-refractivity contribution is 5.94. The average Bonchev–Trinajstić information content (AvgIpc) is 2.60. The minimum Gasteiger partial charge on any atom is -0.490 e. The number of nitrogens with zero attached hydrogens (tertiary/aromatic N) is 1. The molecule has 1 saturated carbocycles. The molecule has 134 valence electrons. The van der Waals surface area contributed by atoms with E-state index in [9.17, 15) is 4.79 Å². The third kappa shape index (κ3) is 5.49. The lowest BCUT2D eigenvalue weighted by atomic mass is 9.85. The van der Waals surface area contributed by atoms with Crippen LogP contribution in [0.2, 0.25) is 0 Å². The topological polar surface area (TPSA) is 67.6 Å². The lowest BCUT2D eigenvalue weighted by molar-refractivity contribution is -0.120. The molecular formula is C19H31N3O2. The molecule has 1 amide bonds. The SMILES string of the molecule is CCN(CC)CCOc1ccccc1NC(=O)C1CCCC(N)C1. The van der Waals surface area contributed by atoms with E-state index in [1.165, 1.54) is 0 Å². The molecule has 0 saturated heterocycles. The summed E-state index contributed by atoms with van der Waals surface area (Å²) in [6, 6.07) is 7.80. The van der Waals surface area contributed by atoms with Gasteiger partial charge in [-0.3, -0.25) is 4.79 Å². The van der Waals surface area contributed by atoms with Gasteiger partial charge in [-0.05, 0) is 44.5 Å². The number of benzene rings is 1. The van der Waals surface area contributed by atoms with Crippen LogP contribution in [0.4, 0.5) is 5.69 Å². The van der Waals surface area contributed by atoms with E-state index in [4.69, 9.17) is 10.5 Å². The fourth-order valence-corrected chi connectivity index (χ4v) is 3.22. The molecule has 2 rings (SSSR count). The second-order valence-corrected chi connectivity index (χ2v) is 6.48. The van der Waals surface area contributed by atoms with Gasteiger partial charge in [0.25, 0.3) is 0 Å². The maximum Gasteiger partial charge on any atom is 0.227 e. The van der Waals surface area contributed by atoms with Gasteiger partial charge in [-0.15, -0.1) is 0 Å². The number of likely N-dealkylation sites (N-methyl/N-ethyl adjacent to an activating group) is 1. The Morgan fingerprint density at radius 2 is 2.04 bits per heavy atom. The standard InChI is InChI=1S/C19H31N3O2/c1-3-22(4-2)12-13-24-18-11-6-5-10-17(18)21-19(23)15-8-7-9-16(20)14-15/h5-6,10-11,15-16H,3-4,7-9,12-14,20H2,1-2H3,(H,21,23). The number of carbonyl (C=O) groups excluding carboxylic acids is 1. The summed E-state index contributed by atoms with van der Waals surface area (Å²) in [6.07, 6.45) is 3.75. The summed E-state index contributed by atoms with van der Waals surface area (Å²) in [4.78, 5) is 14.8. The highest BCUT2D eigenvalue weighted by Gasteiger charge is 2.25. The fourth-order valence-electron chi connectivity index (χ4n) is 3.22. The van der Waals surface area contributed by atoms with Gasteiger partial charge >= 0.3 is 0 Å². The first-order valence-electron chi connectivity index (χ1n) is 9.14. The second kappa shape index (κ2) is 9.64. The molecule has 0 aliphatic heterocycles. The highest BCUT2D eigenvalue weighted by Crippen LogP contribution is 2.28. The van der Waals surface area contributed by atoms with Crippen molar-refractivity contribution in [1.29, 1.82) is 0 Å². The van der Waals surface area contributed by atoms with Crippen LogP contribution in [-0.4, -0.2) is 43.1 Å². The maximum absolute atomic E-state index is 12.5. The zero-order valence-corrected chi connectivity index (χ0v) is 15.0. The summed E-state index contributed by atoms with van der Waals surface area (Å²) < 4.78 is 5.90. The lowest BCUT2D eigenvalue weighted by Crippen LogP contribution is -2.34. The molecule has 1 aromatic carbocycles. The van der Waals surface area contributed by atoms with Crippen molar-refractivity contribution in [2.24, 2.45) is 11.7 Å². The van der Waals surface area contributed by atoms with Gasteiger partial charge in [-0.2, -0.15) is 0 Å². The molecule has 1 aromatic rings. The summed E-state index contributed by atoms with van der Waals surface area (Å²) in [5.41, 5.74) is 6.75. The van der Waals surface area contributed by atoms with Crippen molar-refractivity contribution in [1.82, 2.24) is 4.90 Å². The van der Waals surface area contributed by atoms with Crippen LogP contribution < -0.4 is 15.8 Å². The molecule has 0 aromatic heterocycles. The number of anilines is 1. The van der Waals surface area contributed by atoms with Crippen LogP contribution in [-0.2, 0) is 4.79 Å². The number of carbonyl (C=O) groups is 1. The molecule has 3 N–H and O–H groups in total. The Hall–Kier alpha value is -1.59. The van der Waals surface area contributed by atoms with Crippen molar-refractivity contribution in [2.75, 3.05) is 31.6 Å². The molecule has 5 nitrogen and oxygen atoms in total. The Labute approximate surface area is 145 Å². The Morgan fingerprint density at radius 1 is 1.29 bits per heavy atom. The van der Waals surface area contributed by atoms with Crippen LogP contribution in [0.5, 0.6) is 5.75 Å². The zero-order chi connectivity index (χ0) is 17.4. The molecule has 24 heavy (non-hydrogen) atoms. The molecule has 0 spiro atoms. The van der Waals surface area contributed by atoms with Crippen molar-refractivity contribution in [2.45, 2.75) is 45.6 Å². The third-order valence-electron chi connectivity index (χ3n) is 4.79. The number of rotatable bonds is 8. The predicted molar refractivity (Wildman–Crippen MR) is 98.3 cm³/mol. The van der Waals surface area contributed by atoms with Crippen molar-refractivity contribution < 1.29 is 9.53 Å². The van der Waals surface area contributed by atoms with Crippen LogP contribution in [0.3, 0.4) is 0 Å². The number of hydrogen-bond acceptors (Lipinski definition) is 4. The number of nitrogens with one attached hydrogen (secondary N) is 1. The molecule has 5 heteroatoms. The van der Waals surface area contributed by atoms with E-state index in [0.717, 1.165) is 56.8 Å². The molecular weight excluding hydrogens is 302 g/mol. The number of amides is 1. The van der Waals surface area contributed by atoms with Gasteiger partial charge in [0, 0.05) is 18.5 Å². The van der Waals surface area contributed by atoms with E-state index in [-0.39, 0.29) is 17.9 Å². The van der Waals surface area contributed by atoms with Gasteiger partial charge in [0.2, 0.25) is 5.91 Å². The number of ether oxygens (including phenoxy) is 1. The number of hydrogen-bond donors (Lipinski definition) is 2. The van der Waals surface area contributed by atoms with E-state index in [2.05, 4.69) is 24.1 Å². The maximum atomic E-state index is 12.5. The van der Waals surface area contributed by atoms with Crippen LogP contribution in [0.25, 0.3) is 0 Å². The highest BCUT2D eigenvalue weighted by atomic mass is 16.5. The minimum atomic E-state index is 0.0116. The smallest absolute Gasteiger partial charge is 0.227 e. The Kier molecular flexibility index (Phi) is 7.53. The zero-order valence-electron chi connectivity index (χ0n) is 15.0. The summed E-state index contributed by atoms with van der Waals surface area (Å²) in [5, 5.41) is 3.03. The molecule has 0 heterocycles. The molecule has 1 fully saturated rings. The summed E-state index contributed by atoms with van der Waals surface area (Å²) in [7, 11) is 0. The fraction of sp³-hybridized carbons (Fsp3) is 0.632. The molecule has 1 aliphatic rings. The Bertz CT molecular complexity index is 517. The van der Waals surface area contributed by atoms with Crippen molar-refractivity contribution in [3.63, 3.8) is 0 Å². The second-order valence-electron chi connectivity index (χ2n) is 6.48. The van der Waals surface area contributed by atoms with E-state index in [1.807, 2.05) is 24.3 Å². The van der Waals surface area contributed by atoms with Gasteiger partial charge in [0.05, 0.1) is 5.69 Å². The summed E-state index contributed by atoms with van der Waals surface area (Å²) >= 11 is 0. The largest absolute Gasteiger partial charge is 0.490 e. The first-order valence-corrected chi connectivity index (χ1v) is 9.14. The quantitative estimate of drug-likeness (QED) is 0.767. The van der Waals surface area contributed by atoms with Gasteiger partial charge < -0.3 is 20.7 Å². The van der Waals surface area contributed by atoms with Crippen molar-refractivity contribution >= 4 is 11.6 Å². The first kappa shape index (κ1) is 18.7. The van der Waals surface area contributed by atoms with E-state index in [0.29, 0.717) is 6.61 Å². The van der Waals surface area contributed by atoms with Crippen LogP contribution in [0, 0.1) is 5.92 Å². The van der Waals surface area contributed by atoms with Gasteiger partial charge in [0.15, 0.2) is 0 Å². The third-order valence-corrected chi connectivity index (χ3v) is 4.79. The lowest BCUT2D eigenvalue weighted by Gasteiger charge is -2.26. The van der Waals surface area contributed by atoms with Crippen molar-refractivity contribution in [3.8, 4) is 5.75 Å². The Morgan fingerprint density at radius 3 is 2.75 bits per heavy atom. The van der Waals surface area contributed by atoms with Crippen molar-refractivity contribution in [3.05, 3.63) is 24.3 Å². The van der Waals surface area contributed by atoms with Crippen LogP contribution >= 0.6 is 0 Å². The van der Waals surface area contributed by atoms with E-state index >= 15 is 0 Å². The van der Waals surface area contributed by atoms with Gasteiger partial charge in [0.1, 0.15) is 12.4 Å².